The first kappa shape index (κ1) is 29.1. The Bertz CT molecular complexity index is 1540. The second kappa shape index (κ2) is 13.5. The molecule has 4 aromatic rings. The number of aryl methyl sites for hydroxylation is 1. The molecule has 0 aliphatic carbocycles. The third-order valence-electron chi connectivity index (χ3n) is 8.00. The first-order valence-corrected chi connectivity index (χ1v) is 15.0. The lowest BCUT2D eigenvalue weighted by Crippen LogP contribution is -2.50. The molecular weight excluding hydrogens is 522 g/mol. The van der Waals surface area contributed by atoms with Crippen LogP contribution in [0.4, 0.5) is 5.69 Å². The van der Waals surface area contributed by atoms with Crippen molar-refractivity contribution in [2.75, 3.05) is 18.0 Å². The molecule has 1 atom stereocenters. The predicted octanol–water partition coefficient (Wildman–Crippen LogP) is 6.45. The molecule has 3 amide bonds. The fourth-order valence-electron chi connectivity index (χ4n) is 5.68. The van der Waals surface area contributed by atoms with E-state index in [0.29, 0.717) is 38.0 Å². The van der Waals surface area contributed by atoms with Crippen molar-refractivity contribution >= 4 is 34.2 Å². The summed E-state index contributed by atoms with van der Waals surface area (Å²) in [5.41, 5.74) is 4.73. The minimum atomic E-state index is -0.649. The van der Waals surface area contributed by atoms with E-state index in [0.717, 1.165) is 46.0 Å². The Kier molecular flexibility index (Phi) is 9.32. The molecule has 6 heteroatoms. The Labute approximate surface area is 248 Å². The van der Waals surface area contributed by atoms with Crippen LogP contribution in [0.5, 0.6) is 0 Å². The molecule has 5 rings (SSSR count). The smallest absolute Gasteiger partial charge is 0.258 e. The number of anilines is 1. The van der Waals surface area contributed by atoms with E-state index in [4.69, 9.17) is 0 Å². The summed E-state index contributed by atoms with van der Waals surface area (Å²) in [6.45, 7) is 5.47. The molecule has 0 bridgehead atoms. The van der Waals surface area contributed by atoms with Gasteiger partial charge < -0.3 is 15.1 Å². The Morgan fingerprint density at radius 2 is 1.60 bits per heavy atom. The van der Waals surface area contributed by atoms with Crippen molar-refractivity contribution in [3.8, 4) is 0 Å². The second-order valence-electron chi connectivity index (χ2n) is 11.1. The normalized spacial score (nSPS) is 12.9. The molecular formula is C36H39N3O3. The second-order valence-corrected chi connectivity index (χ2v) is 11.1. The summed E-state index contributed by atoms with van der Waals surface area (Å²) in [4.78, 5) is 44.4. The van der Waals surface area contributed by atoms with E-state index in [9.17, 15) is 14.4 Å². The highest BCUT2D eigenvalue weighted by atomic mass is 16.2. The predicted molar refractivity (Wildman–Crippen MR) is 168 cm³/mol. The van der Waals surface area contributed by atoms with Gasteiger partial charge in [-0.15, -0.1) is 0 Å². The molecule has 1 aliphatic heterocycles. The summed E-state index contributed by atoms with van der Waals surface area (Å²) in [6, 6.07) is 29.1. The SMILES string of the molecule is CCCCNC(=O)[C@@H](Cc1ccccc1)N(Cc1ccc(C)cc1)C(=O)CCCN1C(=O)c2cccc3cccc1c23. The molecule has 216 valence electrons. The largest absolute Gasteiger partial charge is 0.354 e. The number of nitrogens with zero attached hydrogens (tertiary/aromatic N) is 2. The van der Waals surface area contributed by atoms with Crippen LogP contribution in [-0.4, -0.2) is 41.8 Å². The summed E-state index contributed by atoms with van der Waals surface area (Å²) < 4.78 is 0. The number of benzene rings is 4. The molecule has 0 saturated carbocycles. The number of rotatable bonds is 13. The number of carbonyl (C=O) groups excluding carboxylic acids is 3. The fraction of sp³-hybridized carbons (Fsp3) is 0.306. The van der Waals surface area contributed by atoms with Gasteiger partial charge >= 0.3 is 0 Å². The van der Waals surface area contributed by atoms with Crippen LogP contribution < -0.4 is 10.2 Å². The zero-order chi connectivity index (χ0) is 29.5. The van der Waals surface area contributed by atoms with Gasteiger partial charge in [-0.1, -0.05) is 97.8 Å². The minimum absolute atomic E-state index is 0.0250. The van der Waals surface area contributed by atoms with Crippen LogP contribution in [0.1, 0.15) is 59.7 Å². The number of carbonyl (C=O) groups is 3. The zero-order valence-electron chi connectivity index (χ0n) is 24.5. The van der Waals surface area contributed by atoms with Crippen molar-refractivity contribution in [1.82, 2.24) is 10.2 Å². The molecule has 1 heterocycles. The lowest BCUT2D eigenvalue weighted by molar-refractivity contribution is -0.141. The van der Waals surface area contributed by atoms with Crippen molar-refractivity contribution in [2.45, 2.75) is 58.5 Å². The average molecular weight is 562 g/mol. The van der Waals surface area contributed by atoms with Gasteiger partial charge in [-0.2, -0.15) is 0 Å². The zero-order valence-corrected chi connectivity index (χ0v) is 24.5. The van der Waals surface area contributed by atoms with Gasteiger partial charge in [0.15, 0.2) is 0 Å². The van der Waals surface area contributed by atoms with Crippen molar-refractivity contribution in [2.24, 2.45) is 0 Å². The van der Waals surface area contributed by atoms with Gasteiger partial charge in [0.05, 0.1) is 5.69 Å². The number of hydrogen-bond acceptors (Lipinski definition) is 3. The quantitative estimate of drug-likeness (QED) is 0.191. The summed E-state index contributed by atoms with van der Waals surface area (Å²) in [5, 5.41) is 5.09. The van der Waals surface area contributed by atoms with Gasteiger partial charge in [-0.25, -0.2) is 0 Å². The number of amides is 3. The highest BCUT2D eigenvalue weighted by Crippen LogP contribution is 2.37. The standard InChI is InChI=1S/C36H39N3O3/c1-3-4-22-37-35(41)32(24-27-11-6-5-7-12-27)39(25-28-20-18-26(2)19-21-28)33(40)17-10-23-38-31-16-9-14-29-13-8-15-30(34(29)31)36(38)42/h5-9,11-16,18-21,32H,3-4,10,17,22-25H2,1-2H3,(H,37,41)/t32-/m1/s1. The van der Waals surface area contributed by atoms with Crippen LogP contribution in [0.25, 0.3) is 10.8 Å². The monoisotopic (exact) mass is 561 g/mol. The van der Waals surface area contributed by atoms with Gasteiger partial charge in [-0.05, 0) is 48.4 Å². The highest BCUT2D eigenvalue weighted by Gasteiger charge is 2.32. The van der Waals surface area contributed by atoms with Crippen molar-refractivity contribution in [1.29, 1.82) is 0 Å². The van der Waals surface area contributed by atoms with E-state index >= 15 is 0 Å². The molecule has 6 nitrogen and oxygen atoms in total. The molecule has 42 heavy (non-hydrogen) atoms. The Balaban J connectivity index is 1.36. The summed E-state index contributed by atoms with van der Waals surface area (Å²) >= 11 is 0. The van der Waals surface area contributed by atoms with Crippen molar-refractivity contribution in [3.05, 3.63) is 113 Å². The lowest BCUT2D eigenvalue weighted by Gasteiger charge is -2.32. The summed E-state index contributed by atoms with van der Waals surface area (Å²) in [5.74, 6) is -0.253. The molecule has 1 N–H and O–H groups in total. The van der Waals surface area contributed by atoms with E-state index in [2.05, 4.69) is 12.2 Å². The summed E-state index contributed by atoms with van der Waals surface area (Å²) in [6.07, 6.45) is 3.01. The van der Waals surface area contributed by atoms with E-state index in [1.54, 1.807) is 9.80 Å². The Morgan fingerprint density at radius 3 is 2.33 bits per heavy atom. The highest BCUT2D eigenvalue weighted by molar-refractivity contribution is 6.25. The number of nitrogens with one attached hydrogen (secondary N) is 1. The van der Waals surface area contributed by atoms with E-state index in [1.807, 2.05) is 97.9 Å². The van der Waals surface area contributed by atoms with Gasteiger partial charge in [0.2, 0.25) is 11.8 Å². The first-order chi connectivity index (χ1) is 20.5. The Hall–Kier alpha value is -4.45. The first-order valence-electron chi connectivity index (χ1n) is 15.0. The van der Waals surface area contributed by atoms with Gasteiger partial charge in [-0.3, -0.25) is 14.4 Å². The van der Waals surface area contributed by atoms with Crippen LogP contribution >= 0.6 is 0 Å². The van der Waals surface area contributed by atoms with Gasteiger partial charge in [0.25, 0.3) is 5.91 Å². The average Bonchev–Trinajstić information content (AvgIpc) is 3.28. The molecule has 0 fully saturated rings. The fourth-order valence-corrected chi connectivity index (χ4v) is 5.68. The molecule has 4 aromatic carbocycles. The third-order valence-corrected chi connectivity index (χ3v) is 8.00. The van der Waals surface area contributed by atoms with Crippen LogP contribution in [0.15, 0.2) is 91.0 Å². The number of hydrogen-bond donors (Lipinski definition) is 1. The molecule has 0 spiro atoms. The van der Waals surface area contributed by atoms with Crippen LogP contribution in [0, 0.1) is 6.92 Å². The van der Waals surface area contributed by atoms with Gasteiger partial charge in [0.1, 0.15) is 6.04 Å². The Morgan fingerprint density at radius 1 is 0.857 bits per heavy atom. The van der Waals surface area contributed by atoms with Gasteiger partial charge in [0, 0.05) is 43.4 Å². The lowest BCUT2D eigenvalue weighted by atomic mass is 10.0. The maximum Gasteiger partial charge on any atom is 0.258 e. The van der Waals surface area contributed by atoms with Crippen LogP contribution in [-0.2, 0) is 22.6 Å². The molecule has 0 unspecified atom stereocenters. The van der Waals surface area contributed by atoms with Crippen molar-refractivity contribution in [3.63, 3.8) is 0 Å². The van der Waals surface area contributed by atoms with Crippen molar-refractivity contribution < 1.29 is 14.4 Å². The van der Waals surface area contributed by atoms with E-state index in [-0.39, 0.29) is 24.1 Å². The molecule has 0 aromatic heterocycles. The molecule has 0 radical (unpaired) electrons. The molecule has 1 aliphatic rings. The molecule has 0 saturated heterocycles. The van der Waals surface area contributed by atoms with E-state index in [1.165, 1.54) is 0 Å². The maximum atomic E-state index is 14.0. The number of unbranched alkanes of at least 4 members (excludes halogenated alkanes) is 1. The minimum Gasteiger partial charge on any atom is -0.354 e. The third kappa shape index (κ3) is 6.54. The van der Waals surface area contributed by atoms with E-state index < -0.39 is 6.04 Å². The maximum absolute atomic E-state index is 14.0. The van der Waals surface area contributed by atoms with Crippen LogP contribution in [0.3, 0.4) is 0 Å². The van der Waals surface area contributed by atoms with Crippen LogP contribution in [0.2, 0.25) is 0 Å². The summed E-state index contributed by atoms with van der Waals surface area (Å²) in [7, 11) is 0. The topological polar surface area (TPSA) is 69.7 Å².